The van der Waals surface area contributed by atoms with E-state index in [2.05, 4.69) is 20.5 Å². The molecule has 0 fully saturated rings. The number of nitrogens with one attached hydrogen (secondary N) is 1. The van der Waals surface area contributed by atoms with Gasteiger partial charge in [0.2, 0.25) is 0 Å². The molecular formula is C13H14N4O. The third-order valence-corrected chi connectivity index (χ3v) is 2.45. The van der Waals surface area contributed by atoms with E-state index in [9.17, 15) is 4.79 Å². The van der Waals surface area contributed by atoms with Crippen LogP contribution in [0, 0.1) is 0 Å². The van der Waals surface area contributed by atoms with Crippen molar-refractivity contribution in [3.05, 3.63) is 48.0 Å². The van der Waals surface area contributed by atoms with Gasteiger partial charge in [-0.3, -0.25) is 9.78 Å². The van der Waals surface area contributed by atoms with Crippen molar-refractivity contribution in [2.24, 2.45) is 0 Å². The van der Waals surface area contributed by atoms with Crippen LogP contribution >= 0.6 is 0 Å². The molecule has 2 heterocycles. The highest BCUT2D eigenvalue weighted by molar-refractivity contribution is 6.03. The summed E-state index contributed by atoms with van der Waals surface area (Å²) in [5, 5.41) is 10.6. The van der Waals surface area contributed by atoms with Crippen LogP contribution in [0.15, 0.2) is 36.8 Å². The van der Waals surface area contributed by atoms with Gasteiger partial charge in [0, 0.05) is 12.4 Å². The van der Waals surface area contributed by atoms with Crippen molar-refractivity contribution in [3.63, 3.8) is 0 Å². The third kappa shape index (κ3) is 2.88. The number of rotatable bonds is 3. The van der Waals surface area contributed by atoms with Gasteiger partial charge in [-0.05, 0) is 24.1 Å². The third-order valence-electron chi connectivity index (χ3n) is 2.45. The average Bonchev–Trinajstić information content (AvgIpc) is 2.40. The minimum atomic E-state index is -0.203. The first-order chi connectivity index (χ1) is 8.66. The van der Waals surface area contributed by atoms with Gasteiger partial charge in [0.05, 0.1) is 23.1 Å². The minimum absolute atomic E-state index is 0.203. The van der Waals surface area contributed by atoms with Crippen molar-refractivity contribution in [2.45, 2.75) is 19.8 Å². The summed E-state index contributed by atoms with van der Waals surface area (Å²) in [6.45, 7) is 4.05. The second-order valence-corrected chi connectivity index (χ2v) is 4.22. The zero-order chi connectivity index (χ0) is 13.0. The summed E-state index contributed by atoms with van der Waals surface area (Å²) in [5.74, 6) is 0.0681. The lowest BCUT2D eigenvalue weighted by atomic mass is 10.1. The molecular weight excluding hydrogens is 228 g/mol. The van der Waals surface area contributed by atoms with Gasteiger partial charge < -0.3 is 5.32 Å². The summed E-state index contributed by atoms with van der Waals surface area (Å²) in [4.78, 5) is 15.8. The van der Waals surface area contributed by atoms with Crippen LogP contribution in [0.4, 0.5) is 5.69 Å². The summed E-state index contributed by atoms with van der Waals surface area (Å²) >= 11 is 0. The van der Waals surface area contributed by atoms with Crippen molar-refractivity contribution in [2.75, 3.05) is 5.32 Å². The zero-order valence-electron chi connectivity index (χ0n) is 10.3. The lowest BCUT2D eigenvalue weighted by Gasteiger charge is -2.07. The molecule has 0 atom stereocenters. The first kappa shape index (κ1) is 12.2. The van der Waals surface area contributed by atoms with Crippen LogP contribution in [0.2, 0.25) is 0 Å². The Morgan fingerprint density at radius 1 is 1.33 bits per heavy atom. The molecule has 0 radical (unpaired) electrons. The first-order valence-electron chi connectivity index (χ1n) is 5.71. The molecule has 0 aliphatic carbocycles. The van der Waals surface area contributed by atoms with Crippen molar-refractivity contribution >= 4 is 11.6 Å². The van der Waals surface area contributed by atoms with E-state index in [0.717, 1.165) is 5.69 Å². The fraction of sp³-hybridized carbons (Fsp3) is 0.231. The Morgan fingerprint density at radius 3 is 2.83 bits per heavy atom. The predicted molar refractivity (Wildman–Crippen MR) is 68.3 cm³/mol. The van der Waals surface area contributed by atoms with Gasteiger partial charge in [-0.25, -0.2) is 0 Å². The fourth-order valence-corrected chi connectivity index (χ4v) is 1.43. The molecule has 18 heavy (non-hydrogen) atoms. The standard InChI is InChI=1S/C13H14N4O/c1-9(2)12-6-11(8-15-17-12)16-13(18)10-4-3-5-14-7-10/h3-9H,1-2H3,(H,16,17,18). The van der Waals surface area contributed by atoms with E-state index in [1.165, 1.54) is 12.4 Å². The van der Waals surface area contributed by atoms with Crippen molar-refractivity contribution in [3.8, 4) is 0 Å². The molecule has 0 aromatic carbocycles. The Hall–Kier alpha value is -2.30. The number of aromatic nitrogens is 3. The van der Waals surface area contributed by atoms with Gasteiger partial charge in [-0.1, -0.05) is 13.8 Å². The molecule has 5 nitrogen and oxygen atoms in total. The van der Waals surface area contributed by atoms with E-state index in [-0.39, 0.29) is 11.8 Å². The van der Waals surface area contributed by atoms with Crippen LogP contribution in [0.1, 0.15) is 35.8 Å². The topological polar surface area (TPSA) is 67.8 Å². The second kappa shape index (κ2) is 5.35. The van der Waals surface area contributed by atoms with Crippen LogP contribution in [0.25, 0.3) is 0 Å². The molecule has 0 saturated carbocycles. The number of hydrogen-bond donors (Lipinski definition) is 1. The summed E-state index contributed by atoms with van der Waals surface area (Å²) in [7, 11) is 0. The maximum atomic E-state index is 11.9. The minimum Gasteiger partial charge on any atom is -0.320 e. The maximum absolute atomic E-state index is 11.9. The molecule has 5 heteroatoms. The molecule has 1 N–H and O–H groups in total. The molecule has 0 bridgehead atoms. The van der Waals surface area contributed by atoms with E-state index in [0.29, 0.717) is 11.3 Å². The molecule has 2 aromatic rings. The normalized spacial score (nSPS) is 10.4. The highest BCUT2D eigenvalue weighted by atomic mass is 16.1. The Bertz CT molecular complexity index is 540. The van der Waals surface area contributed by atoms with E-state index >= 15 is 0 Å². The largest absolute Gasteiger partial charge is 0.320 e. The molecule has 2 aromatic heterocycles. The van der Waals surface area contributed by atoms with Gasteiger partial charge >= 0.3 is 0 Å². The van der Waals surface area contributed by atoms with E-state index < -0.39 is 0 Å². The molecule has 0 aliphatic heterocycles. The summed E-state index contributed by atoms with van der Waals surface area (Å²) < 4.78 is 0. The Balaban J connectivity index is 2.15. The van der Waals surface area contributed by atoms with Gasteiger partial charge in [-0.15, -0.1) is 0 Å². The molecule has 0 spiro atoms. The van der Waals surface area contributed by atoms with Crippen molar-refractivity contribution in [1.29, 1.82) is 0 Å². The molecule has 0 unspecified atom stereocenters. The number of pyridine rings is 1. The number of amides is 1. The molecule has 0 saturated heterocycles. The molecule has 92 valence electrons. The number of anilines is 1. The van der Waals surface area contributed by atoms with E-state index in [1.807, 2.05) is 19.9 Å². The monoisotopic (exact) mass is 242 g/mol. The van der Waals surface area contributed by atoms with Crippen LogP contribution in [0.5, 0.6) is 0 Å². The Kier molecular flexibility index (Phi) is 3.62. The van der Waals surface area contributed by atoms with Crippen LogP contribution in [0.3, 0.4) is 0 Å². The van der Waals surface area contributed by atoms with Gasteiger partial charge in [0.1, 0.15) is 0 Å². The van der Waals surface area contributed by atoms with Crippen molar-refractivity contribution in [1.82, 2.24) is 15.2 Å². The number of carbonyl (C=O) groups excluding carboxylic acids is 1. The quantitative estimate of drug-likeness (QED) is 0.896. The Morgan fingerprint density at radius 2 is 2.17 bits per heavy atom. The van der Waals surface area contributed by atoms with Crippen LogP contribution in [-0.2, 0) is 0 Å². The highest BCUT2D eigenvalue weighted by Crippen LogP contribution is 2.15. The first-order valence-corrected chi connectivity index (χ1v) is 5.71. The smallest absolute Gasteiger partial charge is 0.257 e. The fourth-order valence-electron chi connectivity index (χ4n) is 1.43. The van der Waals surface area contributed by atoms with Crippen LogP contribution in [-0.4, -0.2) is 21.1 Å². The highest BCUT2D eigenvalue weighted by Gasteiger charge is 2.08. The number of hydrogen-bond acceptors (Lipinski definition) is 4. The summed E-state index contributed by atoms with van der Waals surface area (Å²) in [6.07, 6.45) is 4.68. The summed E-state index contributed by atoms with van der Waals surface area (Å²) in [5.41, 5.74) is 2.00. The van der Waals surface area contributed by atoms with Gasteiger partial charge in [0.25, 0.3) is 5.91 Å². The van der Waals surface area contributed by atoms with Gasteiger partial charge in [-0.2, -0.15) is 10.2 Å². The maximum Gasteiger partial charge on any atom is 0.257 e. The SMILES string of the molecule is CC(C)c1cc(NC(=O)c2cccnc2)cnn1. The van der Waals surface area contributed by atoms with Crippen LogP contribution < -0.4 is 5.32 Å². The second-order valence-electron chi connectivity index (χ2n) is 4.22. The zero-order valence-corrected chi connectivity index (χ0v) is 10.3. The molecule has 1 amide bonds. The lowest BCUT2D eigenvalue weighted by Crippen LogP contribution is -2.13. The number of nitrogens with zero attached hydrogens (tertiary/aromatic N) is 3. The molecule has 0 aliphatic rings. The summed E-state index contributed by atoms with van der Waals surface area (Å²) in [6, 6.07) is 5.26. The number of carbonyl (C=O) groups is 1. The van der Waals surface area contributed by atoms with E-state index in [1.54, 1.807) is 18.3 Å². The van der Waals surface area contributed by atoms with Gasteiger partial charge in [0.15, 0.2) is 0 Å². The van der Waals surface area contributed by atoms with E-state index in [4.69, 9.17) is 0 Å². The molecule has 2 rings (SSSR count). The average molecular weight is 242 g/mol. The lowest BCUT2D eigenvalue weighted by molar-refractivity contribution is 0.102. The predicted octanol–water partition coefficient (Wildman–Crippen LogP) is 2.25. The van der Waals surface area contributed by atoms with Crippen molar-refractivity contribution < 1.29 is 4.79 Å². The Labute approximate surface area is 105 Å².